The summed E-state index contributed by atoms with van der Waals surface area (Å²) in [5.74, 6) is -0.256. The zero-order valence-electron chi connectivity index (χ0n) is 11.0. The molecule has 1 rings (SSSR count). The molecule has 0 radical (unpaired) electrons. The lowest BCUT2D eigenvalue weighted by atomic mass is 10.0. The number of rotatable bonds is 6. The largest absolute Gasteiger partial charge is 0.395 e. The Morgan fingerprint density at radius 3 is 2.72 bits per heavy atom. The van der Waals surface area contributed by atoms with Crippen molar-refractivity contribution >= 4 is 5.69 Å². The maximum atomic E-state index is 13.6. The predicted molar refractivity (Wildman–Crippen MR) is 73.2 cm³/mol. The van der Waals surface area contributed by atoms with Gasteiger partial charge in [0.2, 0.25) is 0 Å². The van der Waals surface area contributed by atoms with Crippen molar-refractivity contribution in [1.82, 2.24) is 0 Å². The van der Waals surface area contributed by atoms with Gasteiger partial charge in [0.15, 0.2) is 0 Å². The Morgan fingerprint density at radius 1 is 1.56 bits per heavy atom. The first-order valence-corrected chi connectivity index (χ1v) is 6.03. The fraction of sp³-hybridized carbons (Fsp3) is 0.429. The second-order valence-electron chi connectivity index (χ2n) is 4.41. The van der Waals surface area contributed by atoms with Gasteiger partial charge in [0.1, 0.15) is 5.82 Å². The summed E-state index contributed by atoms with van der Waals surface area (Å²) in [7, 11) is 0. The second-order valence-corrected chi connectivity index (χ2v) is 4.41. The third-order valence-corrected chi connectivity index (χ3v) is 2.86. The number of hydrogen-bond acceptors (Lipinski definition) is 3. The third-order valence-electron chi connectivity index (χ3n) is 2.86. The van der Waals surface area contributed by atoms with Gasteiger partial charge in [-0.25, -0.2) is 4.39 Å². The van der Waals surface area contributed by atoms with Gasteiger partial charge in [-0.1, -0.05) is 6.08 Å². The van der Waals surface area contributed by atoms with Crippen molar-refractivity contribution in [3.63, 3.8) is 0 Å². The molecule has 0 aromatic heterocycles. The van der Waals surface area contributed by atoms with Gasteiger partial charge in [0.25, 0.3) is 0 Å². The van der Waals surface area contributed by atoms with Crippen LogP contribution < -0.4 is 10.6 Å². The Kier molecular flexibility index (Phi) is 5.31. The van der Waals surface area contributed by atoms with Crippen LogP contribution in [0.5, 0.6) is 0 Å². The van der Waals surface area contributed by atoms with Crippen LogP contribution in [-0.2, 0) is 0 Å². The van der Waals surface area contributed by atoms with E-state index in [4.69, 9.17) is 10.8 Å². The summed E-state index contributed by atoms with van der Waals surface area (Å²) in [4.78, 5) is 1.94. The van der Waals surface area contributed by atoms with Gasteiger partial charge in [-0.2, -0.15) is 0 Å². The number of nitrogens with zero attached hydrogens (tertiary/aromatic N) is 1. The van der Waals surface area contributed by atoms with Crippen LogP contribution in [-0.4, -0.2) is 24.8 Å². The quantitative estimate of drug-likeness (QED) is 0.763. The molecule has 0 aliphatic rings. The molecule has 0 aliphatic carbocycles. The van der Waals surface area contributed by atoms with Gasteiger partial charge in [-0.15, -0.1) is 6.58 Å². The molecule has 1 unspecified atom stereocenters. The van der Waals surface area contributed by atoms with Crippen LogP contribution in [0.3, 0.4) is 0 Å². The molecule has 0 saturated heterocycles. The molecule has 100 valence electrons. The minimum absolute atomic E-state index is 0.0304. The van der Waals surface area contributed by atoms with Gasteiger partial charge in [0.05, 0.1) is 6.61 Å². The number of hydrogen-bond donors (Lipinski definition) is 2. The Balaban J connectivity index is 3.25. The second kappa shape index (κ2) is 6.52. The minimum Gasteiger partial charge on any atom is -0.395 e. The van der Waals surface area contributed by atoms with E-state index in [0.717, 1.165) is 11.3 Å². The standard InChI is InChI=1S/C14H21FN2O/c1-4-5-17(6-7-18)14-8-10(2)13(15)9-12(14)11(3)16/h4,8-9,11,18H,1,5-7,16H2,2-3H3. The Morgan fingerprint density at radius 2 is 2.22 bits per heavy atom. The molecule has 3 nitrogen and oxygen atoms in total. The summed E-state index contributed by atoms with van der Waals surface area (Å²) in [6, 6.07) is 2.98. The van der Waals surface area contributed by atoms with Crippen molar-refractivity contribution in [3.05, 3.63) is 41.7 Å². The maximum Gasteiger partial charge on any atom is 0.126 e. The number of aliphatic hydroxyl groups is 1. The Labute approximate surface area is 108 Å². The number of aryl methyl sites for hydroxylation is 1. The van der Waals surface area contributed by atoms with Crippen LogP contribution in [0.4, 0.5) is 10.1 Å². The van der Waals surface area contributed by atoms with Crippen molar-refractivity contribution in [2.45, 2.75) is 19.9 Å². The first-order valence-electron chi connectivity index (χ1n) is 6.03. The highest BCUT2D eigenvalue weighted by molar-refractivity contribution is 5.57. The first-order chi connectivity index (χ1) is 8.51. The molecular weight excluding hydrogens is 231 g/mol. The van der Waals surface area contributed by atoms with E-state index in [2.05, 4.69) is 6.58 Å². The smallest absolute Gasteiger partial charge is 0.126 e. The molecule has 0 saturated carbocycles. The van der Waals surface area contributed by atoms with Gasteiger partial charge < -0.3 is 15.7 Å². The van der Waals surface area contributed by atoms with Crippen LogP contribution in [0.2, 0.25) is 0 Å². The van der Waals surface area contributed by atoms with Crippen LogP contribution in [0, 0.1) is 12.7 Å². The van der Waals surface area contributed by atoms with E-state index in [-0.39, 0.29) is 18.5 Å². The average Bonchev–Trinajstić information content (AvgIpc) is 2.31. The van der Waals surface area contributed by atoms with Crippen molar-refractivity contribution < 1.29 is 9.50 Å². The molecule has 0 amide bonds. The highest BCUT2D eigenvalue weighted by Gasteiger charge is 2.15. The zero-order chi connectivity index (χ0) is 13.7. The molecule has 1 aromatic rings. The van der Waals surface area contributed by atoms with Crippen molar-refractivity contribution in [3.8, 4) is 0 Å². The lowest BCUT2D eigenvalue weighted by molar-refractivity contribution is 0.303. The summed E-state index contributed by atoms with van der Waals surface area (Å²) >= 11 is 0. The molecule has 18 heavy (non-hydrogen) atoms. The van der Waals surface area contributed by atoms with Gasteiger partial charge in [0, 0.05) is 24.8 Å². The molecule has 3 N–H and O–H groups in total. The number of halogens is 1. The molecule has 4 heteroatoms. The van der Waals surface area contributed by atoms with E-state index in [1.165, 1.54) is 6.07 Å². The van der Waals surface area contributed by atoms with E-state index in [1.54, 1.807) is 19.1 Å². The third kappa shape index (κ3) is 3.31. The molecule has 1 aromatic carbocycles. The van der Waals surface area contributed by atoms with Crippen molar-refractivity contribution in [1.29, 1.82) is 0 Å². The fourth-order valence-electron chi connectivity index (χ4n) is 1.91. The SMILES string of the molecule is C=CCN(CCO)c1cc(C)c(F)cc1C(C)N. The minimum atomic E-state index is -0.263. The fourth-order valence-corrected chi connectivity index (χ4v) is 1.91. The van der Waals surface area contributed by atoms with Gasteiger partial charge in [-0.3, -0.25) is 0 Å². The van der Waals surface area contributed by atoms with E-state index in [1.807, 2.05) is 11.8 Å². The number of nitrogens with two attached hydrogens (primary N) is 1. The van der Waals surface area contributed by atoms with Crippen LogP contribution in [0.15, 0.2) is 24.8 Å². The average molecular weight is 252 g/mol. The topological polar surface area (TPSA) is 49.5 Å². The molecule has 0 aliphatic heterocycles. The number of anilines is 1. The summed E-state index contributed by atoms with van der Waals surface area (Å²) in [6.07, 6.45) is 1.75. The van der Waals surface area contributed by atoms with Crippen molar-refractivity contribution in [2.24, 2.45) is 5.73 Å². The predicted octanol–water partition coefficient (Wildman–Crippen LogP) is 2.14. The van der Waals surface area contributed by atoms with E-state index < -0.39 is 0 Å². The Hall–Kier alpha value is -1.39. The molecule has 1 atom stereocenters. The molecule has 0 fully saturated rings. The molecule has 0 bridgehead atoms. The summed E-state index contributed by atoms with van der Waals surface area (Å²) < 4.78 is 13.6. The zero-order valence-corrected chi connectivity index (χ0v) is 11.0. The lowest BCUT2D eigenvalue weighted by Gasteiger charge is -2.27. The van der Waals surface area contributed by atoms with Gasteiger partial charge in [-0.05, 0) is 37.1 Å². The first kappa shape index (κ1) is 14.7. The lowest BCUT2D eigenvalue weighted by Crippen LogP contribution is -2.29. The highest BCUT2D eigenvalue weighted by atomic mass is 19.1. The van der Waals surface area contributed by atoms with Gasteiger partial charge >= 0.3 is 0 Å². The van der Waals surface area contributed by atoms with E-state index in [0.29, 0.717) is 18.7 Å². The Bertz CT molecular complexity index is 419. The molecular formula is C14H21FN2O. The normalized spacial score (nSPS) is 12.3. The molecule has 0 heterocycles. The highest BCUT2D eigenvalue weighted by Crippen LogP contribution is 2.28. The van der Waals surface area contributed by atoms with Crippen LogP contribution in [0.25, 0.3) is 0 Å². The number of benzene rings is 1. The van der Waals surface area contributed by atoms with Crippen molar-refractivity contribution in [2.75, 3.05) is 24.6 Å². The van der Waals surface area contributed by atoms with Crippen LogP contribution in [0.1, 0.15) is 24.1 Å². The van der Waals surface area contributed by atoms with E-state index >= 15 is 0 Å². The molecule has 0 spiro atoms. The maximum absolute atomic E-state index is 13.6. The summed E-state index contributed by atoms with van der Waals surface area (Å²) in [6.45, 7) is 8.32. The van der Waals surface area contributed by atoms with Crippen LogP contribution >= 0.6 is 0 Å². The monoisotopic (exact) mass is 252 g/mol. The number of aliphatic hydroxyl groups excluding tert-OH is 1. The summed E-state index contributed by atoms with van der Waals surface area (Å²) in [5, 5.41) is 9.10. The van der Waals surface area contributed by atoms with E-state index in [9.17, 15) is 4.39 Å². The summed E-state index contributed by atoms with van der Waals surface area (Å²) in [5.41, 5.74) is 8.06.